The van der Waals surface area contributed by atoms with E-state index >= 15 is 0 Å². The zero-order valence-corrected chi connectivity index (χ0v) is 16.7. The van der Waals surface area contributed by atoms with Crippen molar-refractivity contribution in [1.82, 2.24) is 0 Å². The van der Waals surface area contributed by atoms with Gasteiger partial charge in [-0.1, -0.05) is 18.2 Å². The normalized spacial score (nSPS) is 20.8. The quantitative estimate of drug-likeness (QED) is 0.795. The largest absolute Gasteiger partial charge is 0.326 e. The Hall–Kier alpha value is -2.95. The summed E-state index contributed by atoms with van der Waals surface area (Å²) in [5.41, 5.74) is 3.62. The van der Waals surface area contributed by atoms with Gasteiger partial charge in [0.15, 0.2) is 5.78 Å². The van der Waals surface area contributed by atoms with Crippen molar-refractivity contribution in [2.45, 2.75) is 39.0 Å². The van der Waals surface area contributed by atoms with Crippen LogP contribution in [0.15, 0.2) is 48.5 Å². The number of Topliss-reactive ketones (excluding diaryl/α,β-unsaturated/α-hetero) is 1. The first-order valence-corrected chi connectivity index (χ1v) is 10.3. The number of fused-ring (bicyclic) bond motifs is 1. The molecule has 0 bridgehead atoms. The lowest BCUT2D eigenvalue weighted by molar-refractivity contribution is -0.126. The Morgan fingerprint density at radius 2 is 1.55 bits per heavy atom. The van der Waals surface area contributed by atoms with Crippen LogP contribution in [-0.2, 0) is 16.0 Å². The van der Waals surface area contributed by atoms with Gasteiger partial charge in [0.25, 0.3) is 0 Å². The van der Waals surface area contributed by atoms with Crippen LogP contribution in [0.5, 0.6) is 0 Å². The highest BCUT2D eigenvalue weighted by atomic mass is 16.2. The smallest absolute Gasteiger partial charge is 0.230 e. The fourth-order valence-corrected chi connectivity index (χ4v) is 4.42. The molecule has 5 nitrogen and oxygen atoms in total. The van der Waals surface area contributed by atoms with Gasteiger partial charge >= 0.3 is 0 Å². The molecule has 0 unspecified atom stereocenters. The molecule has 2 amide bonds. The molecule has 0 aromatic heterocycles. The lowest BCUT2D eigenvalue weighted by Crippen LogP contribution is -2.38. The summed E-state index contributed by atoms with van der Waals surface area (Å²) >= 11 is 0. The van der Waals surface area contributed by atoms with E-state index in [0.29, 0.717) is 11.3 Å². The van der Waals surface area contributed by atoms with Crippen molar-refractivity contribution in [1.29, 1.82) is 0 Å². The van der Waals surface area contributed by atoms with E-state index in [1.807, 2.05) is 23.1 Å². The van der Waals surface area contributed by atoms with Crippen LogP contribution in [0.3, 0.4) is 0 Å². The Morgan fingerprint density at radius 3 is 2.24 bits per heavy atom. The zero-order valence-electron chi connectivity index (χ0n) is 16.7. The number of carbonyl (C=O) groups excluding carboxylic acids is 3. The molecule has 2 aromatic carbocycles. The van der Waals surface area contributed by atoms with Crippen LogP contribution in [0, 0.1) is 11.8 Å². The molecule has 1 saturated carbocycles. The molecule has 1 heterocycles. The summed E-state index contributed by atoms with van der Waals surface area (Å²) in [4.78, 5) is 38.9. The van der Waals surface area contributed by atoms with Gasteiger partial charge in [-0.25, -0.2) is 0 Å². The van der Waals surface area contributed by atoms with E-state index in [4.69, 9.17) is 0 Å². The van der Waals surface area contributed by atoms with E-state index in [-0.39, 0.29) is 29.4 Å². The number of benzene rings is 2. The van der Waals surface area contributed by atoms with Crippen LogP contribution in [0.25, 0.3) is 0 Å². The van der Waals surface area contributed by atoms with Crippen molar-refractivity contribution in [3.8, 4) is 0 Å². The standard InChI is InChI=1S/C24H26N2O3/c1-16(27)17-10-12-21(13-11-17)25-23(28)19-6-8-20(9-7-19)24(29)26-15-14-18-4-2-3-5-22(18)26/h2-5,10-13,19-20H,6-9,14-15H2,1H3,(H,25,28). The first-order valence-electron chi connectivity index (χ1n) is 10.3. The maximum Gasteiger partial charge on any atom is 0.230 e. The second-order valence-corrected chi connectivity index (χ2v) is 8.04. The van der Waals surface area contributed by atoms with Gasteiger partial charge < -0.3 is 10.2 Å². The van der Waals surface area contributed by atoms with Crippen LogP contribution in [0.2, 0.25) is 0 Å². The van der Waals surface area contributed by atoms with Crippen LogP contribution in [-0.4, -0.2) is 24.1 Å². The zero-order chi connectivity index (χ0) is 20.4. The van der Waals surface area contributed by atoms with Crippen LogP contribution < -0.4 is 10.2 Å². The number of para-hydroxylation sites is 1. The van der Waals surface area contributed by atoms with E-state index in [1.54, 1.807) is 24.3 Å². The van der Waals surface area contributed by atoms with Gasteiger partial charge in [0, 0.05) is 35.3 Å². The lowest BCUT2D eigenvalue weighted by atomic mass is 9.81. The van der Waals surface area contributed by atoms with Crippen molar-refractivity contribution in [2.75, 3.05) is 16.8 Å². The Kier molecular flexibility index (Phi) is 5.47. The number of hydrogen-bond acceptors (Lipinski definition) is 3. The topological polar surface area (TPSA) is 66.5 Å². The fourth-order valence-electron chi connectivity index (χ4n) is 4.42. The molecule has 5 heteroatoms. The summed E-state index contributed by atoms with van der Waals surface area (Å²) in [7, 11) is 0. The molecule has 29 heavy (non-hydrogen) atoms. The number of carbonyl (C=O) groups is 3. The van der Waals surface area contributed by atoms with Crippen molar-refractivity contribution >= 4 is 29.0 Å². The fraction of sp³-hybridized carbons (Fsp3) is 0.375. The summed E-state index contributed by atoms with van der Waals surface area (Å²) in [6.07, 6.45) is 3.87. The molecular formula is C24H26N2O3. The molecule has 2 aliphatic rings. The van der Waals surface area contributed by atoms with E-state index in [1.165, 1.54) is 12.5 Å². The Bertz CT molecular complexity index is 927. The molecule has 2 aromatic rings. The maximum atomic E-state index is 13.0. The lowest BCUT2D eigenvalue weighted by Gasteiger charge is -2.30. The molecule has 1 fully saturated rings. The number of anilines is 2. The second kappa shape index (κ2) is 8.19. The van der Waals surface area contributed by atoms with E-state index in [0.717, 1.165) is 44.3 Å². The Labute approximate surface area is 171 Å². The summed E-state index contributed by atoms with van der Waals surface area (Å²) in [6, 6.07) is 15.1. The number of rotatable bonds is 4. The van der Waals surface area contributed by atoms with Crippen LogP contribution in [0.1, 0.15) is 48.5 Å². The summed E-state index contributed by atoms with van der Waals surface area (Å²) in [5.74, 6) is 0.135. The van der Waals surface area contributed by atoms with Crippen molar-refractivity contribution in [3.05, 3.63) is 59.7 Å². The predicted octanol–water partition coefficient (Wildman–Crippen LogP) is 4.22. The van der Waals surface area contributed by atoms with E-state index in [2.05, 4.69) is 11.4 Å². The summed E-state index contributed by atoms with van der Waals surface area (Å²) in [6.45, 7) is 2.28. The average Bonchev–Trinajstić information content (AvgIpc) is 3.18. The van der Waals surface area contributed by atoms with Crippen molar-refractivity contribution < 1.29 is 14.4 Å². The van der Waals surface area contributed by atoms with E-state index < -0.39 is 0 Å². The number of ketones is 1. The molecule has 0 atom stereocenters. The van der Waals surface area contributed by atoms with Crippen LogP contribution in [0.4, 0.5) is 11.4 Å². The molecular weight excluding hydrogens is 364 g/mol. The summed E-state index contributed by atoms with van der Waals surface area (Å²) < 4.78 is 0. The predicted molar refractivity (Wildman–Crippen MR) is 113 cm³/mol. The number of amides is 2. The third kappa shape index (κ3) is 4.09. The second-order valence-electron chi connectivity index (χ2n) is 8.04. The SMILES string of the molecule is CC(=O)c1ccc(NC(=O)C2CCC(C(=O)N3CCc4ccccc43)CC2)cc1. The van der Waals surface area contributed by atoms with Gasteiger partial charge in [0.2, 0.25) is 11.8 Å². The number of hydrogen-bond donors (Lipinski definition) is 1. The highest BCUT2D eigenvalue weighted by molar-refractivity contribution is 5.98. The molecule has 0 radical (unpaired) electrons. The van der Waals surface area contributed by atoms with Crippen molar-refractivity contribution in [3.63, 3.8) is 0 Å². The molecule has 1 N–H and O–H groups in total. The maximum absolute atomic E-state index is 13.0. The molecule has 1 aliphatic heterocycles. The molecule has 4 rings (SSSR count). The number of nitrogens with zero attached hydrogens (tertiary/aromatic N) is 1. The monoisotopic (exact) mass is 390 g/mol. The molecule has 0 saturated heterocycles. The van der Waals surface area contributed by atoms with E-state index in [9.17, 15) is 14.4 Å². The minimum absolute atomic E-state index is 0.0000520. The summed E-state index contributed by atoms with van der Waals surface area (Å²) in [5, 5.41) is 2.94. The number of nitrogens with one attached hydrogen (secondary N) is 1. The molecule has 1 aliphatic carbocycles. The van der Waals surface area contributed by atoms with Crippen molar-refractivity contribution in [2.24, 2.45) is 11.8 Å². The minimum Gasteiger partial charge on any atom is -0.326 e. The van der Waals surface area contributed by atoms with Crippen LogP contribution >= 0.6 is 0 Å². The van der Waals surface area contributed by atoms with Gasteiger partial charge in [-0.05, 0) is 74.9 Å². The Balaban J connectivity index is 1.31. The van der Waals surface area contributed by atoms with Gasteiger partial charge in [0.1, 0.15) is 0 Å². The third-order valence-corrected chi connectivity index (χ3v) is 6.16. The van der Waals surface area contributed by atoms with Gasteiger partial charge in [0.05, 0.1) is 0 Å². The average molecular weight is 390 g/mol. The first kappa shape index (κ1) is 19.4. The van der Waals surface area contributed by atoms with Gasteiger partial charge in [-0.15, -0.1) is 0 Å². The molecule has 0 spiro atoms. The highest BCUT2D eigenvalue weighted by Gasteiger charge is 2.34. The minimum atomic E-state index is -0.0719. The van der Waals surface area contributed by atoms with Gasteiger partial charge in [-0.3, -0.25) is 14.4 Å². The Morgan fingerprint density at radius 1 is 0.897 bits per heavy atom. The molecule has 150 valence electrons. The van der Waals surface area contributed by atoms with Gasteiger partial charge in [-0.2, -0.15) is 0 Å². The first-order chi connectivity index (χ1) is 14.0. The third-order valence-electron chi connectivity index (χ3n) is 6.16. The highest BCUT2D eigenvalue weighted by Crippen LogP contribution is 2.35.